The van der Waals surface area contributed by atoms with Gasteiger partial charge in [0, 0.05) is 24.7 Å². The maximum absolute atomic E-state index is 6.21. The van der Waals surface area contributed by atoms with Crippen LogP contribution < -0.4 is 10.2 Å². The molecule has 2 atom stereocenters. The summed E-state index contributed by atoms with van der Waals surface area (Å²) < 4.78 is 0. The average molecular weight is 301 g/mol. The Bertz CT molecular complexity index is 448. The molecule has 1 aromatic rings. The Morgan fingerprint density at radius 2 is 2.05 bits per heavy atom. The van der Waals surface area contributed by atoms with Gasteiger partial charge in [-0.15, -0.1) is 10.2 Å². The molecule has 2 aliphatic rings. The summed E-state index contributed by atoms with van der Waals surface area (Å²) in [5.41, 5.74) is 0.931. The molecule has 0 aliphatic carbocycles. The summed E-state index contributed by atoms with van der Waals surface area (Å²) in [6.07, 6.45) is 6.18. The number of piperidine rings is 1. The van der Waals surface area contributed by atoms with Crippen molar-refractivity contribution in [3.05, 3.63) is 16.4 Å². The fourth-order valence-electron chi connectivity index (χ4n) is 3.26. The lowest BCUT2D eigenvalue weighted by molar-refractivity contribution is 0.378. The van der Waals surface area contributed by atoms with Gasteiger partial charge in [-0.3, -0.25) is 0 Å². The van der Waals surface area contributed by atoms with Crippen molar-refractivity contribution in [2.75, 3.05) is 18.0 Å². The Morgan fingerprint density at radius 3 is 2.84 bits per heavy atom. The zero-order chi connectivity index (χ0) is 13.2. The van der Waals surface area contributed by atoms with Crippen molar-refractivity contribution >= 4 is 28.9 Å². The minimum Gasteiger partial charge on any atom is -0.364 e. The molecular weight excluding hydrogens is 283 g/mol. The number of anilines is 1. The zero-order valence-electron chi connectivity index (χ0n) is 10.8. The first-order valence-corrected chi connectivity index (χ1v) is 7.70. The summed E-state index contributed by atoms with van der Waals surface area (Å²) in [6.45, 7) is 2.14. The maximum Gasteiger partial charge on any atom is 0.175 e. The van der Waals surface area contributed by atoms with Crippen molar-refractivity contribution in [1.82, 2.24) is 15.5 Å². The van der Waals surface area contributed by atoms with Crippen molar-refractivity contribution in [2.45, 2.75) is 44.2 Å². The van der Waals surface area contributed by atoms with Crippen molar-refractivity contribution in [2.24, 2.45) is 0 Å². The second-order valence-electron chi connectivity index (χ2n) is 5.30. The number of aromatic nitrogens is 2. The molecular formula is C13H18Cl2N4. The highest BCUT2D eigenvalue weighted by molar-refractivity contribution is 6.33. The predicted octanol–water partition coefficient (Wildman–Crippen LogP) is 2.89. The molecule has 3 rings (SSSR count). The van der Waals surface area contributed by atoms with Crippen LogP contribution in [0.3, 0.4) is 0 Å². The zero-order valence-corrected chi connectivity index (χ0v) is 12.3. The summed E-state index contributed by atoms with van der Waals surface area (Å²) in [7, 11) is 0. The van der Waals surface area contributed by atoms with Crippen molar-refractivity contribution < 1.29 is 0 Å². The van der Waals surface area contributed by atoms with E-state index in [1.165, 1.54) is 32.1 Å². The Kier molecular flexibility index (Phi) is 4.10. The molecule has 6 heteroatoms. The second-order valence-corrected chi connectivity index (χ2v) is 6.05. The molecule has 2 aliphatic heterocycles. The van der Waals surface area contributed by atoms with Crippen LogP contribution in [0.1, 0.15) is 32.1 Å². The molecule has 104 valence electrons. The highest BCUT2D eigenvalue weighted by Crippen LogP contribution is 2.33. The van der Waals surface area contributed by atoms with Crippen LogP contribution in [0.4, 0.5) is 5.69 Å². The van der Waals surface area contributed by atoms with E-state index in [2.05, 4.69) is 20.4 Å². The number of nitrogens with zero attached hydrogens (tertiary/aromatic N) is 3. The van der Waals surface area contributed by atoms with Gasteiger partial charge in [0.1, 0.15) is 0 Å². The normalized spacial score (nSPS) is 27.8. The molecule has 0 saturated carbocycles. The number of halogens is 2. The van der Waals surface area contributed by atoms with Crippen molar-refractivity contribution in [3.63, 3.8) is 0 Å². The lowest BCUT2D eigenvalue weighted by atomic mass is 9.94. The molecule has 3 heterocycles. The van der Waals surface area contributed by atoms with Gasteiger partial charge in [-0.2, -0.15) is 0 Å². The van der Waals surface area contributed by atoms with E-state index in [0.717, 1.165) is 18.8 Å². The predicted molar refractivity (Wildman–Crippen MR) is 78.1 cm³/mol. The molecule has 2 fully saturated rings. The van der Waals surface area contributed by atoms with Crippen molar-refractivity contribution in [3.8, 4) is 0 Å². The van der Waals surface area contributed by atoms with E-state index in [-0.39, 0.29) is 0 Å². The highest BCUT2D eigenvalue weighted by atomic mass is 35.5. The highest BCUT2D eigenvalue weighted by Gasteiger charge is 2.32. The van der Waals surface area contributed by atoms with Gasteiger partial charge in [-0.05, 0) is 38.6 Å². The van der Waals surface area contributed by atoms with E-state index < -0.39 is 0 Å². The lowest BCUT2D eigenvalue weighted by Crippen LogP contribution is -2.50. The topological polar surface area (TPSA) is 41.0 Å². The molecule has 0 aromatic carbocycles. The van der Waals surface area contributed by atoms with Crippen LogP contribution in [0.5, 0.6) is 0 Å². The minimum atomic E-state index is 0.406. The van der Waals surface area contributed by atoms with Crippen LogP contribution in [0.2, 0.25) is 10.3 Å². The minimum absolute atomic E-state index is 0.406. The SMILES string of the molecule is Clc1cc(N2CCCCC2C2CCCN2)c(Cl)nn1. The third kappa shape index (κ3) is 2.81. The van der Waals surface area contributed by atoms with Gasteiger partial charge in [0.05, 0.1) is 5.69 Å². The van der Waals surface area contributed by atoms with Crippen LogP contribution in [-0.4, -0.2) is 35.4 Å². The standard InChI is InChI=1S/C13H18Cl2N4/c14-12-8-11(13(15)18-17-12)19-7-2-1-5-10(19)9-4-3-6-16-9/h8-10,16H,1-7H2. The van der Waals surface area contributed by atoms with Crippen LogP contribution in [0, 0.1) is 0 Å². The lowest BCUT2D eigenvalue weighted by Gasteiger charge is -2.41. The fraction of sp³-hybridized carbons (Fsp3) is 0.692. The van der Waals surface area contributed by atoms with Gasteiger partial charge in [0.25, 0.3) is 0 Å². The Labute approximate surface area is 123 Å². The Balaban J connectivity index is 1.88. The monoisotopic (exact) mass is 300 g/mol. The smallest absolute Gasteiger partial charge is 0.175 e. The Hall–Kier alpha value is -0.580. The fourth-order valence-corrected chi connectivity index (χ4v) is 3.60. The number of nitrogens with one attached hydrogen (secondary N) is 1. The van der Waals surface area contributed by atoms with Crippen molar-refractivity contribution in [1.29, 1.82) is 0 Å². The molecule has 19 heavy (non-hydrogen) atoms. The van der Waals surface area contributed by atoms with Gasteiger partial charge in [0.15, 0.2) is 10.3 Å². The van der Waals surface area contributed by atoms with E-state index in [1.807, 2.05) is 6.07 Å². The maximum atomic E-state index is 6.21. The van der Waals surface area contributed by atoms with Gasteiger partial charge >= 0.3 is 0 Å². The molecule has 0 spiro atoms. The molecule has 0 radical (unpaired) electrons. The van der Waals surface area contributed by atoms with E-state index in [1.54, 1.807) is 0 Å². The summed E-state index contributed by atoms with van der Waals surface area (Å²) in [6, 6.07) is 2.89. The molecule has 0 bridgehead atoms. The summed E-state index contributed by atoms with van der Waals surface area (Å²) in [5.74, 6) is 0. The molecule has 4 nitrogen and oxygen atoms in total. The van der Waals surface area contributed by atoms with E-state index >= 15 is 0 Å². The largest absolute Gasteiger partial charge is 0.364 e. The molecule has 1 N–H and O–H groups in total. The molecule has 2 saturated heterocycles. The van der Waals surface area contributed by atoms with E-state index in [4.69, 9.17) is 23.2 Å². The first-order chi connectivity index (χ1) is 9.25. The van der Waals surface area contributed by atoms with Crippen LogP contribution in [-0.2, 0) is 0 Å². The second kappa shape index (κ2) is 5.81. The number of rotatable bonds is 2. The molecule has 2 unspecified atom stereocenters. The third-order valence-electron chi connectivity index (χ3n) is 4.12. The van der Waals surface area contributed by atoms with Gasteiger partial charge < -0.3 is 10.2 Å². The molecule has 1 aromatic heterocycles. The summed E-state index contributed by atoms with van der Waals surface area (Å²) in [4.78, 5) is 2.37. The third-order valence-corrected chi connectivity index (χ3v) is 4.58. The molecule has 0 amide bonds. The van der Waals surface area contributed by atoms with E-state index in [9.17, 15) is 0 Å². The first kappa shape index (κ1) is 13.4. The van der Waals surface area contributed by atoms with Gasteiger partial charge in [0.2, 0.25) is 0 Å². The summed E-state index contributed by atoms with van der Waals surface area (Å²) in [5, 5.41) is 12.2. The number of hydrogen-bond donors (Lipinski definition) is 1. The van der Waals surface area contributed by atoms with Gasteiger partial charge in [-0.25, -0.2) is 0 Å². The summed E-state index contributed by atoms with van der Waals surface area (Å²) >= 11 is 12.2. The Morgan fingerprint density at radius 1 is 1.16 bits per heavy atom. The quantitative estimate of drug-likeness (QED) is 0.912. The first-order valence-electron chi connectivity index (χ1n) is 6.94. The average Bonchev–Trinajstić information content (AvgIpc) is 2.95. The van der Waals surface area contributed by atoms with Crippen LogP contribution in [0.25, 0.3) is 0 Å². The van der Waals surface area contributed by atoms with Crippen LogP contribution in [0.15, 0.2) is 6.07 Å². The van der Waals surface area contributed by atoms with E-state index in [0.29, 0.717) is 22.4 Å². The number of hydrogen-bond acceptors (Lipinski definition) is 4. The van der Waals surface area contributed by atoms with Gasteiger partial charge in [-0.1, -0.05) is 23.2 Å². The van der Waals surface area contributed by atoms with Crippen LogP contribution >= 0.6 is 23.2 Å².